The van der Waals surface area contributed by atoms with Crippen molar-refractivity contribution in [3.63, 3.8) is 0 Å². The molecule has 0 radical (unpaired) electrons. The normalized spacial score (nSPS) is 20.2. The molecular formula is C21H21NO2. The Labute approximate surface area is 142 Å². The van der Waals surface area contributed by atoms with Crippen LogP contribution in [0.15, 0.2) is 71.9 Å². The minimum Gasteiger partial charge on any atom is -0.317 e. The highest BCUT2D eigenvalue weighted by atomic mass is 16.7. The fraction of sp³-hybridized carbons (Fsp3) is 0.238. The Kier molecular flexibility index (Phi) is 4.90. The molecule has 0 fully saturated rings. The van der Waals surface area contributed by atoms with Gasteiger partial charge in [0.1, 0.15) is 11.1 Å². The summed E-state index contributed by atoms with van der Waals surface area (Å²) < 4.78 is 0. The maximum Gasteiger partial charge on any atom is 0.347 e. The third-order valence-electron chi connectivity index (χ3n) is 4.36. The number of benzene rings is 2. The number of oxime groups is 1. The van der Waals surface area contributed by atoms with Crippen LogP contribution in [0.5, 0.6) is 0 Å². The monoisotopic (exact) mass is 319 g/mol. The highest BCUT2D eigenvalue weighted by molar-refractivity contribution is 6.17. The summed E-state index contributed by atoms with van der Waals surface area (Å²) in [6, 6.07) is 19.9. The van der Waals surface area contributed by atoms with Crippen molar-refractivity contribution in [2.24, 2.45) is 10.6 Å². The standard InChI is InChI=1S/C21H21NO2/c1-2-15-21(16-9-12-17-10-5-3-6-11-17)19(22-24-20(21)23)18-13-7-4-8-14-18/h3-14H,2,15-16H2,1H3/b12-9+/t21-/m1/s1. The second-order valence-corrected chi connectivity index (χ2v) is 6.03. The molecule has 1 aliphatic rings. The van der Waals surface area contributed by atoms with Gasteiger partial charge >= 0.3 is 5.97 Å². The second kappa shape index (κ2) is 7.26. The van der Waals surface area contributed by atoms with Gasteiger partial charge in [-0.05, 0) is 18.4 Å². The molecule has 2 aromatic carbocycles. The topological polar surface area (TPSA) is 38.7 Å². The van der Waals surface area contributed by atoms with Gasteiger partial charge in [-0.1, -0.05) is 91.3 Å². The first-order valence-corrected chi connectivity index (χ1v) is 8.33. The molecule has 122 valence electrons. The van der Waals surface area contributed by atoms with Crippen molar-refractivity contribution < 1.29 is 9.63 Å². The van der Waals surface area contributed by atoms with Crippen LogP contribution in [-0.2, 0) is 9.63 Å². The van der Waals surface area contributed by atoms with Gasteiger partial charge in [-0.15, -0.1) is 0 Å². The zero-order valence-corrected chi connectivity index (χ0v) is 13.8. The molecule has 1 aliphatic heterocycles. The van der Waals surface area contributed by atoms with Crippen LogP contribution in [0, 0.1) is 5.41 Å². The van der Waals surface area contributed by atoms with Gasteiger partial charge < -0.3 is 4.84 Å². The van der Waals surface area contributed by atoms with E-state index in [1.165, 1.54) is 0 Å². The highest BCUT2D eigenvalue weighted by Crippen LogP contribution is 2.39. The van der Waals surface area contributed by atoms with Crippen LogP contribution >= 0.6 is 0 Å². The summed E-state index contributed by atoms with van der Waals surface area (Å²) in [7, 11) is 0. The smallest absolute Gasteiger partial charge is 0.317 e. The third kappa shape index (κ3) is 3.16. The number of hydrogen-bond donors (Lipinski definition) is 0. The molecule has 0 saturated carbocycles. The molecule has 3 heteroatoms. The predicted octanol–water partition coefficient (Wildman–Crippen LogP) is 4.84. The summed E-state index contributed by atoms with van der Waals surface area (Å²) >= 11 is 0. The molecule has 3 nitrogen and oxygen atoms in total. The molecule has 0 amide bonds. The molecular weight excluding hydrogens is 298 g/mol. The Bertz CT molecular complexity index is 750. The maximum absolute atomic E-state index is 12.5. The van der Waals surface area contributed by atoms with E-state index in [-0.39, 0.29) is 5.97 Å². The van der Waals surface area contributed by atoms with Crippen molar-refractivity contribution in [3.05, 3.63) is 77.9 Å². The number of carbonyl (C=O) groups excluding carboxylic acids is 1. The first-order valence-electron chi connectivity index (χ1n) is 8.33. The number of nitrogens with zero attached hydrogens (tertiary/aromatic N) is 1. The quantitative estimate of drug-likeness (QED) is 0.715. The van der Waals surface area contributed by atoms with Crippen LogP contribution in [0.2, 0.25) is 0 Å². The molecule has 24 heavy (non-hydrogen) atoms. The molecule has 0 saturated heterocycles. The van der Waals surface area contributed by atoms with E-state index in [1.807, 2.05) is 66.7 Å². The lowest BCUT2D eigenvalue weighted by atomic mass is 9.74. The molecule has 1 atom stereocenters. The largest absolute Gasteiger partial charge is 0.347 e. The average molecular weight is 319 g/mol. The van der Waals surface area contributed by atoms with E-state index in [4.69, 9.17) is 4.84 Å². The van der Waals surface area contributed by atoms with Crippen molar-refractivity contribution in [2.75, 3.05) is 0 Å². The van der Waals surface area contributed by atoms with Crippen molar-refractivity contribution in [1.29, 1.82) is 0 Å². The van der Waals surface area contributed by atoms with E-state index < -0.39 is 5.41 Å². The van der Waals surface area contributed by atoms with Gasteiger partial charge in [0.25, 0.3) is 0 Å². The zero-order valence-electron chi connectivity index (χ0n) is 13.8. The Morgan fingerprint density at radius 2 is 1.71 bits per heavy atom. The van der Waals surface area contributed by atoms with Crippen LogP contribution in [-0.4, -0.2) is 11.7 Å². The summed E-state index contributed by atoms with van der Waals surface area (Å²) in [6.07, 6.45) is 6.29. The molecule has 3 rings (SSSR count). The lowest BCUT2D eigenvalue weighted by Gasteiger charge is -2.24. The van der Waals surface area contributed by atoms with E-state index in [0.717, 1.165) is 29.7 Å². The fourth-order valence-electron chi connectivity index (χ4n) is 3.17. The predicted molar refractivity (Wildman–Crippen MR) is 96.5 cm³/mol. The van der Waals surface area contributed by atoms with Crippen LogP contribution in [0.4, 0.5) is 0 Å². The fourth-order valence-corrected chi connectivity index (χ4v) is 3.17. The second-order valence-electron chi connectivity index (χ2n) is 6.03. The average Bonchev–Trinajstić information content (AvgIpc) is 2.94. The number of allylic oxidation sites excluding steroid dienone is 1. The minimum absolute atomic E-state index is 0.249. The van der Waals surface area contributed by atoms with Crippen LogP contribution < -0.4 is 0 Å². The van der Waals surface area contributed by atoms with Crippen molar-refractivity contribution >= 4 is 17.8 Å². The van der Waals surface area contributed by atoms with Gasteiger partial charge in [0.05, 0.1) is 0 Å². The Balaban J connectivity index is 1.89. The number of rotatable bonds is 6. The molecule has 0 spiro atoms. The summed E-state index contributed by atoms with van der Waals surface area (Å²) in [6.45, 7) is 2.08. The third-order valence-corrected chi connectivity index (χ3v) is 4.36. The highest BCUT2D eigenvalue weighted by Gasteiger charge is 2.48. The zero-order chi connectivity index (χ0) is 16.8. The summed E-state index contributed by atoms with van der Waals surface area (Å²) in [5, 5.41) is 4.12. The van der Waals surface area contributed by atoms with E-state index in [2.05, 4.69) is 18.2 Å². The SMILES string of the molecule is CCC[C@]1(C/C=C/c2ccccc2)C(=O)ON=C1c1ccccc1. The van der Waals surface area contributed by atoms with Crippen molar-refractivity contribution in [3.8, 4) is 0 Å². The molecule has 1 heterocycles. The molecule has 0 aromatic heterocycles. The lowest BCUT2D eigenvalue weighted by Crippen LogP contribution is -2.35. The van der Waals surface area contributed by atoms with Gasteiger partial charge in [-0.3, -0.25) is 0 Å². The van der Waals surface area contributed by atoms with Gasteiger partial charge in [-0.25, -0.2) is 4.79 Å². The number of hydrogen-bond acceptors (Lipinski definition) is 3. The first kappa shape index (κ1) is 16.2. The molecule has 2 aromatic rings. The molecule has 0 aliphatic carbocycles. The van der Waals surface area contributed by atoms with Crippen LogP contribution in [0.25, 0.3) is 6.08 Å². The number of carbonyl (C=O) groups is 1. The Morgan fingerprint density at radius 1 is 1.04 bits per heavy atom. The van der Waals surface area contributed by atoms with Crippen LogP contribution in [0.3, 0.4) is 0 Å². The minimum atomic E-state index is -0.693. The molecule has 0 unspecified atom stereocenters. The van der Waals surface area contributed by atoms with Gasteiger partial charge in [0, 0.05) is 5.56 Å². The van der Waals surface area contributed by atoms with E-state index in [9.17, 15) is 4.79 Å². The van der Waals surface area contributed by atoms with Crippen molar-refractivity contribution in [1.82, 2.24) is 0 Å². The lowest BCUT2D eigenvalue weighted by molar-refractivity contribution is -0.148. The molecule has 0 N–H and O–H groups in total. The maximum atomic E-state index is 12.5. The molecule has 0 bridgehead atoms. The van der Waals surface area contributed by atoms with E-state index in [0.29, 0.717) is 6.42 Å². The van der Waals surface area contributed by atoms with Gasteiger partial charge in [0.15, 0.2) is 0 Å². The van der Waals surface area contributed by atoms with E-state index >= 15 is 0 Å². The van der Waals surface area contributed by atoms with Crippen LogP contribution in [0.1, 0.15) is 37.3 Å². The Morgan fingerprint density at radius 3 is 2.38 bits per heavy atom. The summed E-state index contributed by atoms with van der Waals surface area (Å²) in [4.78, 5) is 17.6. The Hall–Kier alpha value is -2.68. The van der Waals surface area contributed by atoms with E-state index in [1.54, 1.807) is 0 Å². The van der Waals surface area contributed by atoms with Gasteiger partial charge in [0.2, 0.25) is 0 Å². The van der Waals surface area contributed by atoms with Crippen molar-refractivity contribution in [2.45, 2.75) is 26.2 Å². The summed E-state index contributed by atoms with van der Waals surface area (Å²) in [5.74, 6) is -0.249. The first-order chi connectivity index (χ1) is 11.8. The van der Waals surface area contributed by atoms with Gasteiger partial charge in [-0.2, -0.15) is 0 Å². The summed E-state index contributed by atoms with van der Waals surface area (Å²) in [5.41, 5.74) is 2.12.